The van der Waals surface area contributed by atoms with Crippen molar-refractivity contribution in [3.8, 4) is 5.75 Å². The molecule has 0 aliphatic carbocycles. The topological polar surface area (TPSA) is 38.3 Å². The lowest BCUT2D eigenvalue weighted by atomic mass is 10.2. The quantitative estimate of drug-likeness (QED) is 0.662. The molecule has 0 aliphatic rings. The van der Waals surface area contributed by atoms with Crippen molar-refractivity contribution >= 4 is 70.7 Å². The second-order valence-electron chi connectivity index (χ2n) is 3.54. The lowest BCUT2D eigenvalue weighted by molar-refractivity contribution is 0.102. The number of carbonyl (C=O) groups excluding carboxylic acids is 1. The van der Waals surface area contributed by atoms with Crippen molar-refractivity contribution in [2.24, 2.45) is 0 Å². The number of carbonyl (C=O) groups is 1. The van der Waals surface area contributed by atoms with Crippen molar-refractivity contribution in [1.29, 1.82) is 0 Å². The molecule has 2 rings (SSSR count). The van der Waals surface area contributed by atoms with Crippen LogP contribution in [0.5, 0.6) is 5.75 Å². The molecule has 0 atom stereocenters. The summed E-state index contributed by atoms with van der Waals surface area (Å²) in [5.74, 6) is 0.506. The van der Waals surface area contributed by atoms with Crippen molar-refractivity contribution in [1.82, 2.24) is 0 Å². The molecule has 1 heterocycles. The van der Waals surface area contributed by atoms with Crippen LogP contribution in [0, 0.1) is 0 Å². The minimum absolute atomic E-state index is 0.178. The molecule has 3 nitrogen and oxygen atoms in total. The molecule has 0 aliphatic heterocycles. The van der Waals surface area contributed by atoms with Gasteiger partial charge in [0, 0.05) is 10.5 Å². The van der Waals surface area contributed by atoms with Crippen LogP contribution >= 0.6 is 59.1 Å². The van der Waals surface area contributed by atoms with Gasteiger partial charge >= 0.3 is 0 Å². The molecular weight excluding hydrogens is 462 g/mol. The fraction of sp³-hybridized carbons (Fsp3) is 0.0833. The highest BCUT2D eigenvalue weighted by Gasteiger charge is 2.15. The summed E-state index contributed by atoms with van der Waals surface area (Å²) in [5, 5.41) is 2.85. The first-order chi connectivity index (χ1) is 9.01. The molecule has 19 heavy (non-hydrogen) atoms. The highest BCUT2D eigenvalue weighted by molar-refractivity contribution is 9.12. The lowest BCUT2D eigenvalue weighted by Crippen LogP contribution is -2.11. The number of benzene rings is 1. The number of nitrogens with one attached hydrogen (secondary N) is 1. The lowest BCUT2D eigenvalue weighted by Gasteiger charge is -2.08. The fourth-order valence-electron chi connectivity index (χ4n) is 1.41. The van der Waals surface area contributed by atoms with E-state index in [1.165, 1.54) is 11.3 Å². The third kappa shape index (κ3) is 3.59. The summed E-state index contributed by atoms with van der Waals surface area (Å²) in [6, 6.07) is 7.18. The Hall–Kier alpha value is -0.370. The molecule has 0 radical (unpaired) electrons. The van der Waals surface area contributed by atoms with Gasteiger partial charge in [-0.1, -0.05) is 0 Å². The molecule has 0 saturated carbocycles. The Kier molecular flexibility index (Phi) is 5.05. The summed E-state index contributed by atoms with van der Waals surface area (Å²) >= 11 is 11.6. The Morgan fingerprint density at radius 3 is 2.58 bits per heavy atom. The third-order valence-corrected chi connectivity index (χ3v) is 5.35. The van der Waals surface area contributed by atoms with Crippen LogP contribution in [0.1, 0.15) is 10.4 Å². The fourth-order valence-corrected chi connectivity index (χ4v) is 4.55. The van der Waals surface area contributed by atoms with Crippen molar-refractivity contribution < 1.29 is 9.53 Å². The van der Waals surface area contributed by atoms with E-state index in [4.69, 9.17) is 4.74 Å². The van der Waals surface area contributed by atoms with Crippen LogP contribution in [0.15, 0.2) is 36.3 Å². The van der Waals surface area contributed by atoms with Gasteiger partial charge in [0.15, 0.2) is 0 Å². The van der Waals surface area contributed by atoms with Crippen molar-refractivity contribution in [3.63, 3.8) is 0 Å². The first kappa shape index (κ1) is 15.0. The second kappa shape index (κ2) is 6.39. The highest BCUT2D eigenvalue weighted by atomic mass is 79.9. The largest absolute Gasteiger partial charge is 0.497 e. The Morgan fingerprint density at radius 1 is 1.26 bits per heavy atom. The maximum absolute atomic E-state index is 12.2. The molecule has 0 unspecified atom stereocenters. The van der Waals surface area contributed by atoms with E-state index in [1.54, 1.807) is 19.2 Å². The maximum atomic E-state index is 12.2. The minimum atomic E-state index is -0.178. The molecule has 2 aromatic rings. The van der Waals surface area contributed by atoms with E-state index in [9.17, 15) is 4.79 Å². The monoisotopic (exact) mass is 467 g/mol. The summed E-state index contributed by atoms with van der Waals surface area (Å²) < 4.78 is 7.62. The van der Waals surface area contributed by atoms with Crippen LogP contribution in [0.4, 0.5) is 5.69 Å². The summed E-state index contributed by atoms with van der Waals surface area (Å²) in [7, 11) is 1.58. The van der Waals surface area contributed by atoms with Crippen molar-refractivity contribution in [3.05, 3.63) is 41.9 Å². The van der Waals surface area contributed by atoms with E-state index in [2.05, 4.69) is 53.1 Å². The van der Waals surface area contributed by atoms with Gasteiger partial charge in [-0.3, -0.25) is 4.79 Å². The average Bonchev–Trinajstić information content (AvgIpc) is 2.71. The normalized spacial score (nSPS) is 10.3. The maximum Gasteiger partial charge on any atom is 0.257 e. The van der Waals surface area contributed by atoms with Crippen LogP contribution in [0.3, 0.4) is 0 Å². The van der Waals surface area contributed by atoms with Crippen LogP contribution in [-0.4, -0.2) is 13.0 Å². The van der Waals surface area contributed by atoms with Gasteiger partial charge in [0.2, 0.25) is 0 Å². The van der Waals surface area contributed by atoms with Gasteiger partial charge in [0.1, 0.15) is 5.75 Å². The molecular formula is C12H8Br3NO2S. The SMILES string of the molecule is COc1ccc(Br)c(NC(=O)c2cc(Br)sc2Br)c1. The summed E-state index contributed by atoms with van der Waals surface area (Å²) in [6.45, 7) is 0. The number of anilines is 1. The van der Waals surface area contributed by atoms with E-state index in [0.717, 1.165) is 12.0 Å². The Balaban J connectivity index is 2.26. The molecule has 1 N–H and O–H groups in total. The van der Waals surface area contributed by atoms with Crippen LogP contribution in [0.25, 0.3) is 0 Å². The van der Waals surface area contributed by atoms with Gasteiger partial charge < -0.3 is 10.1 Å². The van der Waals surface area contributed by atoms with Crippen LogP contribution in [0.2, 0.25) is 0 Å². The van der Waals surface area contributed by atoms with Gasteiger partial charge in [-0.25, -0.2) is 0 Å². The van der Waals surface area contributed by atoms with Crippen molar-refractivity contribution in [2.75, 3.05) is 12.4 Å². The first-order valence-electron chi connectivity index (χ1n) is 5.11. The number of amides is 1. The Labute approximate surface area is 139 Å². The number of ether oxygens (including phenoxy) is 1. The molecule has 0 saturated heterocycles. The van der Waals surface area contributed by atoms with Crippen LogP contribution < -0.4 is 10.1 Å². The third-order valence-electron chi connectivity index (χ3n) is 2.32. The van der Waals surface area contributed by atoms with Gasteiger partial charge in [-0.05, 0) is 66.0 Å². The highest BCUT2D eigenvalue weighted by Crippen LogP contribution is 2.33. The Morgan fingerprint density at radius 2 is 2.00 bits per heavy atom. The smallest absolute Gasteiger partial charge is 0.257 e. The van der Waals surface area contributed by atoms with Crippen LogP contribution in [-0.2, 0) is 0 Å². The summed E-state index contributed by atoms with van der Waals surface area (Å²) in [5.41, 5.74) is 1.25. The average molecular weight is 470 g/mol. The molecule has 0 fully saturated rings. The van der Waals surface area contributed by atoms with E-state index >= 15 is 0 Å². The first-order valence-corrected chi connectivity index (χ1v) is 8.30. The zero-order valence-corrected chi connectivity index (χ0v) is 15.2. The molecule has 1 aromatic carbocycles. The van der Waals surface area contributed by atoms with E-state index in [0.29, 0.717) is 17.0 Å². The Bertz CT molecular complexity index is 627. The number of hydrogen-bond acceptors (Lipinski definition) is 3. The van der Waals surface area contributed by atoms with E-state index in [1.807, 2.05) is 12.1 Å². The number of methoxy groups -OCH3 is 1. The molecule has 7 heteroatoms. The van der Waals surface area contributed by atoms with Gasteiger partial charge in [-0.2, -0.15) is 0 Å². The molecule has 100 valence electrons. The number of halogens is 3. The minimum Gasteiger partial charge on any atom is -0.497 e. The number of hydrogen-bond donors (Lipinski definition) is 1. The molecule has 1 aromatic heterocycles. The molecule has 0 bridgehead atoms. The predicted molar refractivity (Wildman–Crippen MR) is 88.4 cm³/mol. The number of rotatable bonds is 3. The zero-order valence-electron chi connectivity index (χ0n) is 9.67. The summed E-state index contributed by atoms with van der Waals surface area (Å²) in [6.07, 6.45) is 0. The summed E-state index contributed by atoms with van der Waals surface area (Å²) in [4.78, 5) is 12.2. The van der Waals surface area contributed by atoms with Gasteiger partial charge in [0.25, 0.3) is 5.91 Å². The standard InChI is InChI=1S/C12H8Br3NO2S/c1-18-6-2-3-8(13)9(4-6)16-12(17)7-5-10(14)19-11(7)15/h2-5H,1H3,(H,16,17). The van der Waals surface area contributed by atoms with Gasteiger partial charge in [-0.15, -0.1) is 11.3 Å². The van der Waals surface area contributed by atoms with E-state index in [-0.39, 0.29) is 5.91 Å². The predicted octanol–water partition coefficient (Wildman–Crippen LogP) is 5.30. The van der Waals surface area contributed by atoms with Crippen molar-refractivity contribution in [2.45, 2.75) is 0 Å². The molecule has 0 spiro atoms. The second-order valence-corrected chi connectivity index (χ2v) is 8.14. The molecule has 1 amide bonds. The zero-order chi connectivity index (χ0) is 14.0. The van der Waals surface area contributed by atoms with E-state index < -0.39 is 0 Å². The van der Waals surface area contributed by atoms with Gasteiger partial charge in [0.05, 0.1) is 25.9 Å². The number of thiophene rings is 1.